The predicted octanol–water partition coefficient (Wildman–Crippen LogP) is 1.26. The molecule has 1 fully saturated rings. The monoisotopic (exact) mass is 333 g/mol. The first-order valence-corrected chi connectivity index (χ1v) is 8.53. The Kier molecular flexibility index (Phi) is 5.24. The minimum atomic E-state index is -0.0149. The lowest BCUT2D eigenvalue weighted by molar-refractivity contribution is -0.119. The summed E-state index contributed by atoms with van der Waals surface area (Å²) >= 11 is 1.37. The van der Waals surface area contributed by atoms with Crippen molar-refractivity contribution in [3.63, 3.8) is 0 Å². The van der Waals surface area contributed by atoms with Crippen LogP contribution in [-0.4, -0.2) is 50.7 Å². The summed E-state index contributed by atoms with van der Waals surface area (Å²) in [7, 11) is 1.89. The first-order valence-electron chi connectivity index (χ1n) is 7.55. The summed E-state index contributed by atoms with van der Waals surface area (Å²) in [6.45, 7) is 1.38. The molecular weight excluding hydrogens is 314 g/mol. The Morgan fingerprint density at radius 3 is 3.00 bits per heavy atom. The predicted molar refractivity (Wildman–Crippen MR) is 86.9 cm³/mol. The normalized spacial score (nSPS) is 17.3. The van der Waals surface area contributed by atoms with Crippen LogP contribution in [0.2, 0.25) is 0 Å². The first-order chi connectivity index (χ1) is 11.2. The zero-order valence-electron chi connectivity index (χ0n) is 12.9. The molecule has 1 aliphatic rings. The Morgan fingerprint density at radius 1 is 1.43 bits per heavy atom. The van der Waals surface area contributed by atoms with Crippen molar-refractivity contribution in [3.8, 4) is 11.4 Å². The Balaban J connectivity index is 1.52. The van der Waals surface area contributed by atoms with Crippen LogP contribution in [0.5, 0.6) is 0 Å². The lowest BCUT2D eigenvalue weighted by Crippen LogP contribution is -2.32. The summed E-state index contributed by atoms with van der Waals surface area (Å²) in [6.07, 6.45) is 5.69. The van der Waals surface area contributed by atoms with Gasteiger partial charge in [-0.15, -0.1) is 10.2 Å². The van der Waals surface area contributed by atoms with Crippen molar-refractivity contribution in [1.82, 2.24) is 25.1 Å². The second-order valence-electron chi connectivity index (χ2n) is 5.33. The quantitative estimate of drug-likeness (QED) is 0.802. The topological polar surface area (TPSA) is 81.9 Å². The maximum atomic E-state index is 11.9. The largest absolute Gasteiger partial charge is 0.376 e. The van der Waals surface area contributed by atoms with Crippen molar-refractivity contribution in [2.24, 2.45) is 7.05 Å². The van der Waals surface area contributed by atoms with Gasteiger partial charge in [-0.05, 0) is 25.0 Å². The molecule has 1 N–H and O–H groups in total. The number of hydrogen-bond donors (Lipinski definition) is 1. The van der Waals surface area contributed by atoms with E-state index in [9.17, 15) is 4.79 Å². The SMILES string of the molecule is Cn1c(SCC(=O)NCC2CCCO2)nnc1-c1ccncc1. The molecule has 122 valence electrons. The molecule has 2 aromatic heterocycles. The summed E-state index contributed by atoms with van der Waals surface area (Å²) < 4.78 is 7.37. The van der Waals surface area contributed by atoms with E-state index in [0.29, 0.717) is 17.5 Å². The molecule has 0 radical (unpaired) electrons. The minimum absolute atomic E-state index is 0.0149. The van der Waals surface area contributed by atoms with E-state index in [1.54, 1.807) is 12.4 Å². The van der Waals surface area contributed by atoms with Gasteiger partial charge in [-0.3, -0.25) is 9.78 Å². The van der Waals surface area contributed by atoms with Gasteiger partial charge < -0.3 is 14.6 Å². The fraction of sp³-hybridized carbons (Fsp3) is 0.467. The van der Waals surface area contributed by atoms with Crippen molar-refractivity contribution in [2.75, 3.05) is 18.9 Å². The third-order valence-electron chi connectivity index (χ3n) is 3.66. The lowest BCUT2D eigenvalue weighted by Gasteiger charge is -2.10. The molecule has 1 amide bonds. The second-order valence-corrected chi connectivity index (χ2v) is 6.27. The molecule has 7 nitrogen and oxygen atoms in total. The molecule has 2 aromatic rings. The van der Waals surface area contributed by atoms with E-state index in [4.69, 9.17) is 4.74 Å². The van der Waals surface area contributed by atoms with Crippen molar-refractivity contribution in [2.45, 2.75) is 24.1 Å². The van der Waals surface area contributed by atoms with Crippen LogP contribution in [0.15, 0.2) is 29.7 Å². The highest BCUT2D eigenvalue weighted by Crippen LogP contribution is 2.21. The molecule has 1 unspecified atom stereocenters. The van der Waals surface area contributed by atoms with Crippen LogP contribution in [0.3, 0.4) is 0 Å². The third kappa shape index (κ3) is 4.08. The number of pyridine rings is 1. The van der Waals surface area contributed by atoms with Crippen LogP contribution < -0.4 is 5.32 Å². The Labute approximate surface area is 138 Å². The number of nitrogens with zero attached hydrogens (tertiary/aromatic N) is 4. The van der Waals surface area contributed by atoms with E-state index in [-0.39, 0.29) is 12.0 Å². The molecule has 1 aliphatic heterocycles. The number of amides is 1. The molecule has 0 aromatic carbocycles. The number of hydrogen-bond acceptors (Lipinski definition) is 6. The molecule has 1 saturated heterocycles. The van der Waals surface area contributed by atoms with E-state index >= 15 is 0 Å². The highest BCUT2D eigenvalue weighted by atomic mass is 32.2. The van der Waals surface area contributed by atoms with Gasteiger partial charge in [-0.2, -0.15) is 0 Å². The smallest absolute Gasteiger partial charge is 0.230 e. The molecule has 3 rings (SSSR count). The van der Waals surface area contributed by atoms with Crippen LogP contribution in [0.25, 0.3) is 11.4 Å². The summed E-state index contributed by atoms with van der Waals surface area (Å²) in [5.74, 6) is 1.06. The molecule has 8 heteroatoms. The average molecular weight is 333 g/mol. The van der Waals surface area contributed by atoms with E-state index in [1.165, 1.54) is 11.8 Å². The van der Waals surface area contributed by atoms with Gasteiger partial charge in [0.15, 0.2) is 11.0 Å². The van der Waals surface area contributed by atoms with Gasteiger partial charge in [0.05, 0.1) is 11.9 Å². The van der Waals surface area contributed by atoms with E-state index < -0.39 is 0 Å². The van der Waals surface area contributed by atoms with E-state index in [0.717, 1.165) is 30.8 Å². The fourth-order valence-corrected chi connectivity index (χ4v) is 3.15. The summed E-state index contributed by atoms with van der Waals surface area (Å²) in [6, 6.07) is 3.76. The number of rotatable bonds is 6. The third-order valence-corrected chi connectivity index (χ3v) is 4.68. The van der Waals surface area contributed by atoms with Gasteiger partial charge in [0, 0.05) is 38.2 Å². The van der Waals surface area contributed by atoms with Crippen LogP contribution in [0, 0.1) is 0 Å². The molecule has 23 heavy (non-hydrogen) atoms. The molecule has 0 spiro atoms. The van der Waals surface area contributed by atoms with Crippen molar-refractivity contribution >= 4 is 17.7 Å². The average Bonchev–Trinajstić information content (AvgIpc) is 3.22. The van der Waals surface area contributed by atoms with Crippen LogP contribution in [0.4, 0.5) is 0 Å². The maximum absolute atomic E-state index is 11.9. The summed E-state index contributed by atoms with van der Waals surface area (Å²) in [4.78, 5) is 15.9. The van der Waals surface area contributed by atoms with Gasteiger partial charge >= 0.3 is 0 Å². The van der Waals surface area contributed by atoms with Crippen molar-refractivity contribution < 1.29 is 9.53 Å². The van der Waals surface area contributed by atoms with Gasteiger partial charge in [-0.1, -0.05) is 11.8 Å². The number of nitrogens with one attached hydrogen (secondary N) is 1. The molecule has 1 atom stereocenters. The molecule has 0 bridgehead atoms. The molecule has 3 heterocycles. The number of carbonyl (C=O) groups is 1. The Hall–Kier alpha value is -1.93. The Bertz CT molecular complexity index is 655. The second kappa shape index (κ2) is 7.56. The van der Waals surface area contributed by atoms with Crippen molar-refractivity contribution in [3.05, 3.63) is 24.5 Å². The maximum Gasteiger partial charge on any atom is 0.230 e. The highest BCUT2D eigenvalue weighted by molar-refractivity contribution is 7.99. The zero-order chi connectivity index (χ0) is 16.1. The number of thioether (sulfide) groups is 1. The van der Waals surface area contributed by atoms with E-state index in [1.807, 2.05) is 23.7 Å². The molecule has 0 saturated carbocycles. The number of aromatic nitrogens is 4. The minimum Gasteiger partial charge on any atom is -0.376 e. The highest BCUT2D eigenvalue weighted by Gasteiger charge is 2.17. The van der Waals surface area contributed by atoms with Gasteiger partial charge in [0.1, 0.15) is 0 Å². The summed E-state index contributed by atoms with van der Waals surface area (Å²) in [5, 5.41) is 12.0. The van der Waals surface area contributed by atoms with E-state index in [2.05, 4.69) is 20.5 Å². The van der Waals surface area contributed by atoms with Crippen LogP contribution in [0.1, 0.15) is 12.8 Å². The standard InChI is InChI=1S/C15H19N5O2S/c1-20-14(11-4-6-16-7-5-11)18-19-15(20)23-10-13(21)17-9-12-3-2-8-22-12/h4-7,12H,2-3,8-10H2,1H3,(H,17,21). The van der Waals surface area contributed by atoms with Crippen LogP contribution in [-0.2, 0) is 16.6 Å². The molecule has 0 aliphatic carbocycles. The van der Waals surface area contributed by atoms with Gasteiger partial charge in [0.2, 0.25) is 5.91 Å². The van der Waals surface area contributed by atoms with Gasteiger partial charge in [0.25, 0.3) is 0 Å². The fourth-order valence-electron chi connectivity index (χ4n) is 2.41. The Morgan fingerprint density at radius 2 is 2.26 bits per heavy atom. The number of ether oxygens (including phenoxy) is 1. The summed E-state index contributed by atoms with van der Waals surface area (Å²) in [5.41, 5.74) is 0.949. The molecular formula is C15H19N5O2S. The number of carbonyl (C=O) groups excluding carboxylic acids is 1. The van der Waals surface area contributed by atoms with Crippen LogP contribution >= 0.6 is 11.8 Å². The lowest BCUT2D eigenvalue weighted by atomic mass is 10.2. The van der Waals surface area contributed by atoms with Gasteiger partial charge in [-0.25, -0.2) is 0 Å². The zero-order valence-corrected chi connectivity index (χ0v) is 13.8. The van der Waals surface area contributed by atoms with Crippen molar-refractivity contribution in [1.29, 1.82) is 0 Å². The first kappa shape index (κ1) is 15.9.